The summed E-state index contributed by atoms with van der Waals surface area (Å²) in [6.45, 7) is 6.91. The topological polar surface area (TPSA) is 61.8 Å². The van der Waals surface area contributed by atoms with Gasteiger partial charge in [-0.2, -0.15) is 0 Å². The SMILES string of the molecule is Cc1cc(NC(=O)N2CCC(O)C2)ccc1OC(C)C. The molecule has 2 N–H and O–H groups in total. The van der Waals surface area contributed by atoms with Crippen LogP contribution in [0.1, 0.15) is 25.8 Å². The van der Waals surface area contributed by atoms with E-state index in [4.69, 9.17) is 4.74 Å². The van der Waals surface area contributed by atoms with E-state index in [0.29, 0.717) is 19.5 Å². The summed E-state index contributed by atoms with van der Waals surface area (Å²) in [6.07, 6.45) is 0.373. The van der Waals surface area contributed by atoms with Crippen LogP contribution < -0.4 is 10.1 Å². The van der Waals surface area contributed by atoms with Gasteiger partial charge in [0, 0.05) is 18.8 Å². The Labute approximate surface area is 119 Å². The normalized spacial score (nSPS) is 18.4. The molecule has 1 fully saturated rings. The van der Waals surface area contributed by atoms with Gasteiger partial charge in [0.1, 0.15) is 5.75 Å². The van der Waals surface area contributed by atoms with Crippen molar-refractivity contribution in [3.05, 3.63) is 23.8 Å². The van der Waals surface area contributed by atoms with Crippen LogP contribution in [0, 0.1) is 6.92 Å². The molecule has 0 aliphatic carbocycles. The molecule has 0 radical (unpaired) electrons. The maximum absolute atomic E-state index is 12.0. The predicted octanol–water partition coefficient (Wildman–Crippen LogP) is 2.38. The maximum atomic E-state index is 12.0. The Hall–Kier alpha value is -1.75. The van der Waals surface area contributed by atoms with Crippen LogP contribution >= 0.6 is 0 Å². The van der Waals surface area contributed by atoms with Gasteiger partial charge in [-0.3, -0.25) is 0 Å². The summed E-state index contributed by atoms with van der Waals surface area (Å²) < 4.78 is 5.66. The Morgan fingerprint density at radius 2 is 2.25 bits per heavy atom. The number of benzene rings is 1. The number of aliphatic hydroxyl groups is 1. The molecule has 1 aliphatic heterocycles. The molecule has 0 bridgehead atoms. The highest BCUT2D eigenvalue weighted by molar-refractivity contribution is 5.89. The molecule has 1 saturated heterocycles. The van der Waals surface area contributed by atoms with Crippen molar-refractivity contribution in [2.75, 3.05) is 18.4 Å². The molecule has 110 valence electrons. The Bertz CT molecular complexity index is 488. The molecule has 5 heteroatoms. The number of nitrogens with zero attached hydrogens (tertiary/aromatic N) is 1. The highest BCUT2D eigenvalue weighted by Crippen LogP contribution is 2.23. The van der Waals surface area contributed by atoms with E-state index >= 15 is 0 Å². The zero-order valence-electron chi connectivity index (χ0n) is 12.2. The quantitative estimate of drug-likeness (QED) is 0.892. The first kappa shape index (κ1) is 14.7. The number of carbonyl (C=O) groups is 1. The molecule has 2 amide bonds. The van der Waals surface area contributed by atoms with Crippen LogP contribution in [-0.2, 0) is 0 Å². The fraction of sp³-hybridized carbons (Fsp3) is 0.533. The van der Waals surface area contributed by atoms with Crippen molar-refractivity contribution in [2.24, 2.45) is 0 Å². The third-order valence-corrected chi connectivity index (χ3v) is 3.24. The van der Waals surface area contributed by atoms with E-state index in [1.807, 2.05) is 39.0 Å². The standard InChI is InChI=1S/C15H22N2O3/c1-10(2)20-14-5-4-12(8-11(14)3)16-15(19)17-7-6-13(18)9-17/h4-5,8,10,13,18H,6-7,9H2,1-3H3,(H,16,19). The monoisotopic (exact) mass is 278 g/mol. The van der Waals surface area contributed by atoms with Crippen LogP contribution in [0.25, 0.3) is 0 Å². The highest BCUT2D eigenvalue weighted by Gasteiger charge is 2.24. The zero-order chi connectivity index (χ0) is 14.7. The number of anilines is 1. The van der Waals surface area contributed by atoms with Crippen molar-refractivity contribution in [2.45, 2.75) is 39.4 Å². The van der Waals surface area contributed by atoms with Gasteiger partial charge in [0.15, 0.2) is 0 Å². The smallest absolute Gasteiger partial charge is 0.321 e. The van der Waals surface area contributed by atoms with E-state index in [-0.39, 0.29) is 12.1 Å². The zero-order valence-corrected chi connectivity index (χ0v) is 12.2. The number of rotatable bonds is 3. The average Bonchev–Trinajstić information content (AvgIpc) is 2.79. The lowest BCUT2D eigenvalue weighted by Gasteiger charge is -2.18. The van der Waals surface area contributed by atoms with Crippen molar-refractivity contribution in [1.82, 2.24) is 4.90 Å². The van der Waals surface area contributed by atoms with Crippen molar-refractivity contribution in [3.8, 4) is 5.75 Å². The summed E-state index contributed by atoms with van der Waals surface area (Å²) in [5, 5.41) is 12.3. The average molecular weight is 278 g/mol. The highest BCUT2D eigenvalue weighted by atomic mass is 16.5. The molecule has 2 rings (SSSR count). The van der Waals surface area contributed by atoms with E-state index < -0.39 is 6.10 Å². The minimum Gasteiger partial charge on any atom is -0.491 e. The van der Waals surface area contributed by atoms with Gasteiger partial charge in [-0.25, -0.2) is 4.79 Å². The molecule has 0 spiro atoms. The second-order valence-corrected chi connectivity index (χ2v) is 5.47. The number of hydrogen-bond acceptors (Lipinski definition) is 3. The van der Waals surface area contributed by atoms with Crippen LogP contribution in [0.15, 0.2) is 18.2 Å². The summed E-state index contributed by atoms with van der Waals surface area (Å²) in [7, 11) is 0. The second kappa shape index (κ2) is 6.13. The van der Waals surface area contributed by atoms with E-state index in [1.54, 1.807) is 4.90 Å². The van der Waals surface area contributed by atoms with Gasteiger partial charge in [-0.15, -0.1) is 0 Å². The van der Waals surface area contributed by atoms with Gasteiger partial charge in [0.2, 0.25) is 0 Å². The first-order valence-corrected chi connectivity index (χ1v) is 6.97. The van der Waals surface area contributed by atoms with Crippen LogP contribution in [0.2, 0.25) is 0 Å². The number of carbonyl (C=O) groups excluding carboxylic acids is 1. The molecule has 1 aromatic rings. The Balaban J connectivity index is 1.99. The maximum Gasteiger partial charge on any atom is 0.321 e. The molecule has 0 saturated carbocycles. The van der Waals surface area contributed by atoms with Crippen LogP contribution in [0.4, 0.5) is 10.5 Å². The Morgan fingerprint density at radius 1 is 1.50 bits per heavy atom. The van der Waals surface area contributed by atoms with Gasteiger partial charge < -0.3 is 20.1 Å². The Morgan fingerprint density at radius 3 is 2.80 bits per heavy atom. The number of aliphatic hydroxyl groups excluding tert-OH is 1. The van der Waals surface area contributed by atoms with Crippen molar-refractivity contribution >= 4 is 11.7 Å². The summed E-state index contributed by atoms with van der Waals surface area (Å²) in [4.78, 5) is 13.6. The van der Waals surface area contributed by atoms with E-state index in [0.717, 1.165) is 17.0 Å². The van der Waals surface area contributed by atoms with E-state index in [1.165, 1.54) is 0 Å². The fourth-order valence-corrected chi connectivity index (χ4v) is 2.24. The number of urea groups is 1. The van der Waals surface area contributed by atoms with E-state index in [2.05, 4.69) is 5.32 Å². The molecule has 5 nitrogen and oxygen atoms in total. The van der Waals surface area contributed by atoms with Crippen molar-refractivity contribution < 1.29 is 14.6 Å². The second-order valence-electron chi connectivity index (χ2n) is 5.47. The lowest BCUT2D eigenvalue weighted by molar-refractivity contribution is 0.176. The summed E-state index contributed by atoms with van der Waals surface area (Å²) in [5.41, 5.74) is 1.72. The third-order valence-electron chi connectivity index (χ3n) is 3.24. The number of likely N-dealkylation sites (tertiary alicyclic amines) is 1. The summed E-state index contributed by atoms with van der Waals surface area (Å²) >= 11 is 0. The minimum atomic E-state index is -0.399. The molecule has 1 unspecified atom stereocenters. The van der Waals surface area contributed by atoms with Crippen LogP contribution in [0.5, 0.6) is 5.75 Å². The molecule has 0 aromatic heterocycles. The minimum absolute atomic E-state index is 0.125. The molecule has 1 atom stereocenters. The van der Waals surface area contributed by atoms with Gasteiger partial charge in [0.05, 0.1) is 12.2 Å². The fourth-order valence-electron chi connectivity index (χ4n) is 2.24. The third kappa shape index (κ3) is 3.63. The van der Waals surface area contributed by atoms with Gasteiger partial charge in [-0.05, 0) is 51.0 Å². The Kier molecular flexibility index (Phi) is 4.49. The lowest BCUT2D eigenvalue weighted by atomic mass is 10.2. The van der Waals surface area contributed by atoms with E-state index in [9.17, 15) is 9.90 Å². The number of β-amino-alcohol motifs (C(OH)–C–C–N with tert-alkyl or cyclic N) is 1. The molecular formula is C15H22N2O3. The van der Waals surface area contributed by atoms with Gasteiger partial charge in [0.25, 0.3) is 0 Å². The summed E-state index contributed by atoms with van der Waals surface area (Å²) in [6, 6.07) is 5.42. The van der Waals surface area contributed by atoms with Crippen LogP contribution in [-0.4, -0.2) is 41.3 Å². The van der Waals surface area contributed by atoms with Gasteiger partial charge in [-0.1, -0.05) is 0 Å². The van der Waals surface area contributed by atoms with Crippen molar-refractivity contribution in [3.63, 3.8) is 0 Å². The molecular weight excluding hydrogens is 256 g/mol. The van der Waals surface area contributed by atoms with Gasteiger partial charge >= 0.3 is 6.03 Å². The molecule has 20 heavy (non-hydrogen) atoms. The number of hydrogen-bond donors (Lipinski definition) is 2. The number of nitrogens with one attached hydrogen (secondary N) is 1. The predicted molar refractivity (Wildman–Crippen MR) is 78.2 cm³/mol. The first-order valence-electron chi connectivity index (χ1n) is 6.97. The number of aryl methyl sites for hydroxylation is 1. The first-order chi connectivity index (χ1) is 9.45. The molecule has 1 aliphatic rings. The van der Waals surface area contributed by atoms with Crippen molar-refractivity contribution in [1.29, 1.82) is 0 Å². The number of ether oxygens (including phenoxy) is 1. The van der Waals surface area contributed by atoms with Crippen LogP contribution in [0.3, 0.4) is 0 Å². The molecule has 1 heterocycles. The lowest BCUT2D eigenvalue weighted by Crippen LogP contribution is -2.33. The largest absolute Gasteiger partial charge is 0.491 e. The molecule has 1 aromatic carbocycles. The summed E-state index contributed by atoms with van der Waals surface area (Å²) in [5.74, 6) is 0.828. The number of amides is 2.